The van der Waals surface area contributed by atoms with Crippen molar-refractivity contribution >= 4 is 11.6 Å². The van der Waals surface area contributed by atoms with Gasteiger partial charge >= 0.3 is 0 Å². The molecule has 4 rings (SSSR count). The van der Waals surface area contributed by atoms with E-state index in [1.807, 2.05) is 19.9 Å². The van der Waals surface area contributed by atoms with Crippen molar-refractivity contribution in [2.75, 3.05) is 13.2 Å². The summed E-state index contributed by atoms with van der Waals surface area (Å²) in [5, 5.41) is 22.7. The zero-order chi connectivity index (χ0) is 20.3. The predicted octanol–water partition coefficient (Wildman–Crippen LogP) is 2.60. The molecule has 3 saturated carbocycles. The smallest absolute Gasteiger partial charge is 0.190 e. The highest BCUT2D eigenvalue weighted by Crippen LogP contribution is 2.67. The molecule has 0 heterocycles. The fourth-order valence-corrected chi connectivity index (χ4v) is 7.10. The second kappa shape index (κ2) is 6.61. The van der Waals surface area contributed by atoms with Crippen molar-refractivity contribution in [1.82, 2.24) is 0 Å². The Morgan fingerprint density at radius 3 is 2.79 bits per heavy atom. The minimum absolute atomic E-state index is 0.0132. The summed E-state index contributed by atoms with van der Waals surface area (Å²) in [5.74, 6) is 0.191. The van der Waals surface area contributed by atoms with Crippen molar-refractivity contribution in [2.24, 2.45) is 28.6 Å². The van der Waals surface area contributed by atoms with Crippen LogP contribution in [-0.2, 0) is 14.3 Å². The average Bonchev–Trinajstić information content (AvgIpc) is 2.92. The summed E-state index contributed by atoms with van der Waals surface area (Å²) < 4.78 is 5.31. The summed E-state index contributed by atoms with van der Waals surface area (Å²) in [5.41, 5.74) is -1.29. The number of rotatable bonds is 4. The normalized spacial score (nSPS) is 47.2. The van der Waals surface area contributed by atoms with Crippen LogP contribution >= 0.6 is 0 Å². The first-order valence-electron chi connectivity index (χ1n) is 10.6. The molecular weight excluding hydrogens is 356 g/mol. The third-order valence-electron chi connectivity index (χ3n) is 8.55. The first kappa shape index (κ1) is 20.0. The molecule has 0 amide bonds. The van der Waals surface area contributed by atoms with Gasteiger partial charge in [0.15, 0.2) is 11.6 Å². The fourth-order valence-electron chi connectivity index (χ4n) is 7.10. The van der Waals surface area contributed by atoms with Crippen LogP contribution < -0.4 is 0 Å². The van der Waals surface area contributed by atoms with E-state index in [0.717, 1.165) is 24.8 Å². The highest BCUT2D eigenvalue weighted by molar-refractivity contribution is 6.01. The van der Waals surface area contributed by atoms with Gasteiger partial charge in [0.05, 0.1) is 6.10 Å². The van der Waals surface area contributed by atoms with Gasteiger partial charge in [-0.15, -0.1) is 0 Å². The largest absolute Gasteiger partial charge is 0.393 e. The van der Waals surface area contributed by atoms with Crippen LogP contribution in [0.15, 0.2) is 23.8 Å². The van der Waals surface area contributed by atoms with Crippen molar-refractivity contribution in [2.45, 2.75) is 64.6 Å². The van der Waals surface area contributed by atoms with Gasteiger partial charge in [0.1, 0.15) is 12.2 Å². The Morgan fingerprint density at radius 1 is 1.32 bits per heavy atom. The second-order valence-corrected chi connectivity index (χ2v) is 9.67. The number of ketones is 2. The number of aliphatic hydroxyl groups is 2. The summed E-state index contributed by atoms with van der Waals surface area (Å²) in [4.78, 5) is 24.7. The van der Waals surface area contributed by atoms with E-state index in [0.29, 0.717) is 19.4 Å². The standard InChI is InChI=1S/C23H32O5/c1-4-28-13-19(26)23(27)10-8-17-16-6-5-14-11-15(24)7-9-21(14,2)20(16)18(25)12-22(17,23)3/h7,9,11,16-18,20,25,27H,4-6,8,10,12-13H2,1-3H3/t16-,17-,18-,20+,21-,22-,23-/m0/s1. The molecule has 0 aromatic heterocycles. The Balaban J connectivity index is 1.68. The molecule has 0 spiro atoms. The molecule has 0 radical (unpaired) electrons. The van der Waals surface area contributed by atoms with Crippen LogP contribution in [0.25, 0.3) is 0 Å². The fraction of sp³-hybridized carbons (Fsp3) is 0.739. The molecule has 4 aliphatic rings. The number of hydrogen-bond donors (Lipinski definition) is 2. The monoisotopic (exact) mass is 388 g/mol. The van der Waals surface area contributed by atoms with Crippen LogP contribution in [-0.4, -0.2) is 46.7 Å². The van der Waals surface area contributed by atoms with Crippen LogP contribution in [0.3, 0.4) is 0 Å². The van der Waals surface area contributed by atoms with Gasteiger partial charge in [-0.05, 0) is 63.0 Å². The molecule has 2 N–H and O–H groups in total. The number of fused-ring (bicyclic) bond motifs is 5. The number of aliphatic hydroxyl groups excluding tert-OH is 1. The average molecular weight is 389 g/mol. The SMILES string of the molecule is CCOCC(=O)[C@@]1(O)CC[C@H]2[C@@H]3CCC4=CC(=O)C=C[C@]4(C)[C@H]3[C@@H](O)C[C@@]21C. The third-order valence-corrected chi connectivity index (χ3v) is 8.55. The Bertz CT molecular complexity index is 754. The van der Waals surface area contributed by atoms with Gasteiger partial charge in [-0.3, -0.25) is 9.59 Å². The van der Waals surface area contributed by atoms with Crippen molar-refractivity contribution in [3.8, 4) is 0 Å². The van der Waals surface area contributed by atoms with Crippen molar-refractivity contribution in [3.63, 3.8) is 0 Å². The van der Waals surface area contributed by atoms with Gasteiger partial charge in [0.25, 0.3) is 0 Å². The van der Waals surface area contributed by atoms with E-state index in [1.54, 1.807) is 12.2 Å². The van der Waals surface area contributed by atoms with Gasteiger partial charge in [-0.1, -0.05) is 25.5 Å². The lowest BCUT2D eigenvalue weighted by Gasteiger charge is -2.59. The molecule has 5 heteroatoms. The quantitative estimate of drug-likeness (QED) is 0.773. The van der Waals surface area contributed by atoms with E-state index in [1.165, 1.54) is 0 Å². The molecule has 7 atom stereocenters. The predicted molar refractivity (Wildman–Crippen MR) is 104 cm³/mol. The second-order valence-electron chi connectivity index (χ2n) is 9.67. The number of carbonyl (C=O) groups excluding carboxylic acids is 2. The lowest BCUT2D eigenvalue weighted by Crippen LogP contribution is -2.61. The third kappa shape index (κ3) is 2.55. The number of hydrogen-bond acceptors (Lipinski definition) is 5. The molecule has 3 fully saturated rings. The van der Waals surface area contributed by atoms with Crippen LogP contribution in [0, 0.1) is 28.6 Å². The minimum atomic E-state index is -1.44. The highest BCUT2D eigenvalue weighted by Gasteiger charge is 2.68. The van der Waals surface area contributed by atoms with Crippen molar-refractivity contribution < 1.29 is 24.5 Å². The van der Waals surface area contributed by atoms with Gasteiger partial charge in [0.2, 0.25) is 0 Å². The van der Waals surface area contributed by atoms with Gasteiger partial charge < -0.3 is 14.9 Å². The lowest BCUT2D eigenvalue weighted by molar-refractivity contribution is -0.179. The molecule has 0 unspecified atom stereocenters. The maximum Gasteiger partial charge on any atom is 0.190 e. The molecule has 28 heavy (non-hydrogen) atoms. The number of carbonyl (C=O) groups is 2. The summed E-state index contributed by atoms with van der Waals surface area (Å²) in [6.45, 7) is 6.32. The highest BCUT2D eigenvalue weighted by atomic mass is 16.5. The van der Waals surface area contributed by atoms with Crippen molar-refractivity contribution in [1.29, 1.82) is 0 Å². The lowest BCUT2D eigenvalue weighted by atomic mass is 9.46. The van der Waals surface area contributed by atoms with Crippen LogP contribution in [0.4, 0.5) is 0 Å². The molecule has 0 saturated heterocycles. The molecule has 0 aliphatic heterocycles. The molecule has 154 valence electrons. The van der Waals surface area contributed by atoms with E-state index in [-0.39, 0.29) is 41.3 Å². The maximum atomic E-state index is 12.9. The van der Waals surface area contributed by atoms with Gasteiger partial charge in [-0.2, -0.15) is 0 Å². The Hall–Kier alpha value is -1.30. The van der Waals surface area contributed by atoms with Crippen LogP contribution in [0.2, 0.25) is 0 Å². The molecule has 0 aromatic rings. The Morgan fingerprint density at radius 2 is 2.07 bits per heavy atom. The van der Waals surface area contributed by atoms with Crippen LogP contribution in [0.5, 0.6) is 0 Å². The molecule has 4 aliphatic carbocycles. The van der Waals surface area contributed by atoms with E-state index in [9.17, 15) is 19.8 Å². The number of ether oxygens (including phenoxy) is 1. The summed E-state index contributed by atoms with van der Waals surface area (Å²) in [7, 11) is 0. The van der Waals surface area contributed by atoms with Gasteiger partial charge in [-0.25, -0.2) is 0 Å². The Kier molecular flexibility index (Phi) is 4.72. The van der Waals surface area contributed by atoms with E-state index in [2.05, 4.69) is 6.92 Å². The first-order chi connectivity index (χ1) is 13.2. The first-order valence-corrected chi connectivity index (χ1v) is 10.6. The Labute approximate surface area is 166 Å². The van der Waals surface area contributed by atoms with E-state index >= 15 is 0 Å². The molecule has 0 aromatic carbocycles. The van der Waals surface area contributed by atoms with E-state index < -0.39 is 17.1 Å². The van der Waals surface area contributed by atoms with Gasteiger partial charge in [0, 0.05) is 23.4 Å². The van der Waals surface area contributed by atoms with E-state index in [4.69, 9.17) is 4.74 Å². The number of Topliss-reactive ketones (excluding diaryl/α,β-unsaturated/α-hetero) is 1. The summed E-state index contributed by atoms with van der Waals surface area (Å²) in [6.07, 6.45) is 8.07. The molecule has 0 bridgehead atoms. The molecular formula is C23H32O5. The summed E-state index contributed by atoms with van der Waals surface area (Å²) in [6, 6.07) is 0. The maximum absolute atomic E-state index is 12.9. The molecule has 5 nitrogen and oxygen atoms in total. The zero-order valence-electron chi connectivity index (χ0n) is 17.1. The van der Waals surface area contributed by atoms with Crippen LogP contribution in [0.1, 0.15) is 52.9 Å². The number of allylic oxidation sites excluding steroid dienone is 4. The summed E-state index contributed by atoms with van der Waals surface area (Å²) >= 11 is 0. The van der Waals surface area contributed by atoms with Crippen molar-refractivity contribution in [3.05, 3.63) is 23.8 Å². The topological polar surface area (TPSA) is 83.8 Å². The zero-order valence-corrected chi connectivity index (χ0v) is 17.1. The minimum Gasteiger partial charge on any atom is -0.393 e.